The second kappa shape index (κ2) is 9.86. The van der Waals surface area contributed by atoms with Crippen LogP contribution in [0.25, 0.3) is 0 Å². The lowest BCUT2D eigenvalue weighted by atomic mass is 9.62. The van der Waals surface area contributed by atoms with Crippen molar-refractivity contribution in [3.05, 3.63) is 90.0 Å². The van der Waals surface area contributed by atoms with Crippen LogP contribution in [0.15, 0.2) is 78.9 Å². The molecule has 0 saturated heterocycles. The van der Waals surface area contributed by atoms with Crippen molar-refractivity contribution in [3.63, 3.8) is 0 Å². The van der Waals surface area contributed by atoms with Gasteiger partial charge in [0.15, 0.2) is 0 Å². The van der Waals surface area contributed by atoms with Gasteiger partial charge in [0.1, 0.15) is 17.2 Å². The molecule has 3 aromatic rings. The quantitative estimate of drug-likeness (QED) is 0.216. The van der Waals surface area contributed by atoms with Gasteiger partial charge < -0.3 is 9.47 Å². The van der Waals surface area contributed by atoms with Crippen LogP contribution in [-0.2, 0) is 11.8 Å². The first kappa shape index (κ1) is 21.2. The molecule has 1 aliphatic carbocycles. The fourth-order valence-corrected chi connectivity index (χ4v) is 5.69. The van der Waals surface area contributed by atoms with E-state index >= 15 is 0 Å². The van der Waals surface area contributed by atoms with Crippen LogP contribution in [0, 0.1) is 0 Å². The Kier molecular flexibility index (Phi) is 6.98. The van der Waals surface area contributed by atoms with E-state index in [1.165, 1.54) is 36.8 Å². The molecule has 0 amide bonds. The van der Waals surface area contributed by atoms with Crippen molar-refractivity contribution in [1.82, 2.24) is 0 Å². The molecular formula is C27H29IO2. The number of hydrogen-bond acceptors (Lipinski definition) is 2. The highest BCUT2D eigenvalue weighted by molar-refractivity contribution is 14.1. The van der Waals surface area contributed by atoms with Gasteiger partial charge in [0, 0.05) is 9.34 Å². The number of hydrogen-bond donors (Lipinski definition) is 0. The van der Waals surface area contributed by atoms with Crippen molar-refractivity contribution in [2.24, 2.45) is 0 Å². The van der Waals surface area contributed by atoms with E-state index in [1.54, 1.807) is 0 Å². The highest BCUT2D eigenvalue weighted by Crippen LogP contribution is 2.52. The minimum Gasteiger partial charge on any atom is -0.494 e. The summed E-state index contributed by atoms with van der Waals surface area (Å²) in [5.41, 5.74) is 3.12. The monoisotopic (exact) mass is 512 g/mol. The number of ether oxygens (including phenoxy) is 2. The minimum absolute atomic E-state index is 0.309. The van der Waals surface area contributed by atoms with Gasteiger partial charge >= 0.3 is 0 Å². The Hall–Kier alpha value is -2.01. The molecule has 0 aliphatic heterocycles. The highest BCUT2D eigenvalue weighted by Gasteiger charge is 2.45. The van der Waals surface area contributed by atoms with Gasteiger partial charge in [0.2, 0.25) is 0 Å². The topological polar surface area (TPSA) is 18.5 Å². The molecule has 2 atom stereocenters. The first-order chi connectivity index (χ1) is 14.7. The first-order valence-corrected chi connectivity index (χ1v) is 12.1. The van der Waals surface area contributed by atoms with E-state index in [9.17, 15) is 0 Å². The molecule has 0 spiro atoms. The maximum Gasteiger partial charge on any atom is 0.127 e. The van der Waals surface area contributed by atoms with Crippen LogP contribution in [0.5, 0.6) is 17.2 Å². The molecule has 3 heteroatoms. The number of alkyl halides is 1. The van der Waals surface area contributed by atoms with Crippen LogP contribution in [0.3, 0.4) is 0 Å². The summed E-state index contributed by atoms with van der Waals surface area (Å²) in [4.78, 5) is 0. The molecule has 4 rings (SSSR count). The standard InChI is InChI=1S/C27H29IO2/c1-2-29-23-15-13-22(14-16-23)27(19-17-26(27)28)18-7-9-21-8-6-12-25(20-21)30-24-10-4-3-5-11-24/h3-6,8,10-16,20,26H,2,7,9,17-19H2,1H3. The van der Waals surface area contributed by atoms with Gasteiger partial charge in [-0.25, -0.2) is 0 Å². The Morgan fingerprint density at radius 1 is 0.900 bits per heavy atom. The van der Waals surface area contributed by atoms with Crippen LogP contribution >= 0.6 is 22.6 Å². The van der Waals surface area contributed by atoms with Crippen LogP contribution in [0.1, 0.15) is 43.7 Å². The average Bonchev–Trinajstić information content (AvgIpc) is 2.77. The maximum absolute atomic E-state index is 6.00. The summed E-state index contributed by atoms with van der Waals surface area (Å²) in [6.45, 7) is 2.74. The van der Waals surface area contributed by atoms with E-state index < -0.39 is 0 Å². The van der Waals surface area contributed by atoms with E-state index in [0.717, 1.165) is 23.7 Å². The molecule has 0 radical (unpaired) electrons. The van der Waals surface area contributed by atoms with Crippen LogP contribution in [-0.4, -0.2) is 10.5 Å². The van der Waals surface area contributed by atoms with Crippen molar-refractivity contribution in [3.8, 4) is 17.2 Å². The van der Waals surface area contributed by atoms with Crippen molar-refractivity contribution in [2.45, 2.75) is 48.4 Å². The zero-order valence-electron chi connectivity index (χ0n) is 17.5. The van der Waals surface area contributed by atoms with E-state index in [0.29, 0.717) is 15.9 Å². The smallest absolute Gasteiger partial charge is 0.127 e. The van der Waals surface area contributed by atoms with Gasteiger partial charge in [0.05, 0.1) is 6.61 Å². The number of benzene rings is 3. The lowest BCUT2D eigenvalue weighted by Gasteiger charge is -2.48. The molecule has 0 heterocycles. The largest absolute Gasteiger partial charge is 0.494 e. The van der Waals surface area contributed by atoms with Crippen LogP contribution < -0.4 is 9.47 Å². The molecule has 0 N–H and O–H groups in total. The Labute approximate surface area is 193 Å². The summed E-state index contributed by atoms with van der Waals surface area (Å²) in [6.07, 6.45) is 6.08. The lowest BCUT2D eigenvalue weighted by molar-refractivity contribution is 0.245. The molecule has 0 aromatic heterocycles. The summed E-state index contributed by atoms with van der Waals surface area (Å²) >= 11 is 2.66. The Morgan fingerprint density at radius 3 is 2.33 bits per heavy atom. The van der Waals surface area contributed by atoms with Crippen molar-refractivity contribution in [1.29, 1.82) is 0 Å². The zero-order chi connectivity index (χ0) is 20.8. The molecule has 30 heavy (non-hydrogen) atoms. The van der Waals surface area contributed by atoms with E-state index in [2.05, 4.69) is 65.1 Å². The van der Waals surface area contributed by atoms with Gasteiger partial charge in [-0.05, 0) is 86.6 Å². The number of rotatable bonds is 9. The van der Waals surface area contributed by atoms with Crippen molar-refractivity contribution in [2.75, 3.05) is 6.61 Å². The molecule has 1 fully saturated rings. The first-order valence-electron chi connectivity index (χ1n) is 10.9. The van der Waals surface area contributed by atoms with E-state index in [1.807, 2.05) is 43.3 Å². The molecule has 1 saturated carbocycles. The van der Waals surface area contributed by atoms with Crippen LogP contribution in [0.4, 0.5) is 0 Å². The van der Waals surface area contributed by atoms with Gasteiger partial charge in [0.25, 0.3) is 0 Å². The summed E-state index contributed by atoms with van der Waals surface area (Å²) < 4.78 is 12.3. The third-order valence-electron chi connectivity index (χ3n) is 6.15. The molecule has 156 valence electrons. The summed E-state index contributed by atoms with van der Waals surface area (Å²) in [5.74, 6) is 2.76. The van der Waals surface area contributed by atoms with Gasteiger partial charge in [-0.1, -0.05) is 65.1 Å². The minimum atomic E-state index is 0.309. The summed E-state index contributed by atoms with van der Waals surface area (Å²) in [5, 5.41) is 0. The number of halogens is 1. The molecule has 3 aromatic carbocycles. The lowest BCUT2D eigenvalue weighted by Crippen LogP contribution is -2.45. The zero-order valence-corrected chi connectivity index (χ0v) is 19.7. The Morgan fingerprint density at radius 2 is 1.67 bits per heavy atom. The predicted octanol–water partition coefficient (Wildman–Crippen LogP) is 7.74. The van der Waals surface area contributed by atoms with Gasteiger partial charge in [-0.2, -0.15) is 0 Å². The molecule has 1 aliphatic rings. The van der Waals surface area contributed by atoms with E-state index in [4.69, 9.17) is 9.47 Å². The summed E-state index contributed by atoms with van der Waals surface area (Å²) in [6, 6.07) is 27.3. The third-order valence-corrected chi connectivity index (χ3v) is 7.96. The molecule has 0 bridgehead atoms. The Bertz CT molecular complexity index is 939. The van der Waals surface area contributed by atoms with Crippen molar-refractivity contribution < 1.29 is 9.47 Å². The SMILES string of the molecule is CCOc1ccc(C2(CCCc3cccc(Oc4ccccc4)c3)CCC2I)cc1. The number of aryl methyl sites for hydroxylation is 1. The fourth-order valence-electron chi connectivity index (χ4n) is 4.40. The highest BCUT2D eigenvalue weighted by atomic mass is 127. The van der Waals surface area contributed by atoms with Crippen molar-refractivity contribution >= 4 is 22.6 Å². The average molecular weight is 512 g/mol. The van der Waals surface area contributed by atoms with Crippen LogP contribution in [0.2, 0.25) is 0 Å². The van der Waals surface area contributed by atoms with Gasteiger partial charge in [-0.15, -0.1) is 0 Å². The third kappa shape index (κ3) is 4.83. The maximum atomic E-state index is 6.00. The fraction of sp³-hybridized carbons (Fsp3) is 0.333. The number of para-hydroxylation sites is 1. The normalized spacial score (nSPS) is 20.4. The van der Waals surface area contributed by atoms with E-state index in [-0.39, 0.29) is 0 Å². The Balaban J connectivity index is 1.39. The second-order valence-corrected chi connectivity index (χ2v) is 9.54. The molecule has 2 nitrogen and oxygen atoms in total. The summed E-state index contributed by atoms with van der Waals surface area (Å²) in [7, 11) is 0. The second-order valence-electron chi connectivity index (χ2n) is 8.04. The predicted molar refractivity (Wildman–Crippen MR) is 132 cm³/mol. The van der Waals surface area contributed by atoms with Gasteiger partial charge in [-0.3, -0.25) is 0 Å². The molecular weight excluding hydrogens is 483 g/mol. The molecule has 2 unspecified atom stereocenters.